The maximum absolute atomic E-state index is 11.2. The number of hydrogen-bond donors (Lipinski definition) is 1. The van der Waals surface area contributed by atoms with E-state index < -0.39 is 20.5 Å². The van der Waals surface area contributed by atoms with Crippen molar-refractivity contribution in [2.45, 2.75) is 38.3 Å². The summed E-state index contributed by atoms with van der Waals surface area (Å²) in [6.45, 7) is 6.81. The van der Waals surface area contributed by atoms with Gasteiger partial charge in [0.05, 0.1) is 0 Å². The van der Waals surface area contributed by atoms with Gasteiger partial charge in [-0.2, -0.15) is 0 Å². The molecular formula is C21H27NO4Si. The summed E-state index contributed by atoms with van der Waals surface area (Å²) >= 11 is 0. The highest BCUT2D eigenvalue weighted by Crippen LogP contribution is 2.36. The van der Waals surface area contributed by atoms with Crippen LogP contribution in [0, 0.1) is 0 Å². The monoisotopic (exact) mass is 385 g/mol. The second-order valence-corrected chi connectivity index (χ2v) is 11.7. The van der Waals surface area contributed by atoms with Gasteiger partial charge in [-0.05, 0) is 15.4 Å². The molecular weight excluding hydrogens is 358 g/mol. The molecule has 2 aromatic rings. The standard InChI is InChI=1S/C21H27NO4Si/c1-21(2,3)27(18-10-6-4-7-11-18,19-12-8-5-9-13-19)25-15-14-17(16-23)26-20(22)24/h4-13,16-17H,14-15H2,1-3H3,(H2,22,24). The number of carbonyl (C=O) groups excluding carboxylic acids is 2. The Hall–Kier alpha value is -2.44. The predicted octanol–water partition coefficient (Wildman–Crippen LogP) is 2.62. The lowest BCUT2D eigenvalue weighted by atomic mass is 10.2. The Kier molecular flexibility index (Phi) is 6.93. The highest BCUT2D eigenvalue weighted by atomic mass is 28.4. The van der Waals surface area contributed by atoms with Crippen LogP contribution in [0.15, 0.2) is 60.7 Å². The number of benzene rings is 2. The second kappa shape index (κ2) is 8.97. The van der Waals surface area contributed by atoms with Gasteiger partial charge in [0.15, 0.2) is 12.4 Å². The van der Waals surface area contributed by atoms with Crippen molar-refractivity contribution < 1.29 is 18.8 Å². The Labute approximate surface area is 161 Å². The fraction of sp³-hybridized carbons (Fsp3) is 0.333. The van der Waals surface area contributed by atoms with E-state index in [9.17, 15) is 9.59 Å². The van der Waals surface area contributed by atoms with Crippen molar-refractivity contribution >= 4 is 31.1 Å². The first-order valence-electron chi connectivity index (χ1n) is 8.97. The minimum absolute atomic E-state index is 0.156. The van der Waals surface area contributed by atoms with Gasteiger partial charge in [0.2, 0.25) is 0 Å². The van der Waals surface area contributed by atoms with Gasteiger partial charge >= 0.3 is 6.09 Å². The largest absolute Gasteiger partial charge is 0.439 e. The zero-order valence-electron chi connectivity index (χ0n) is 16.1. The van der Waals surface area contributed by atoms with E-state index in [-0.39, 0.29) is 18.1 Å². The molecule has 6 heteroatoms. The van der Waals surface area contributed by atoms with E-state index in [2.05, 4.69) is 45.0 Å². The number of hydrogen-bond acceptors (Lipinski definition) is 4. The summed E-state index contributed by atoms with van der Waals surface area (Å²) in [6, 6.07) is 20.4. The molecule has 0 spiro atoms. The van der Waals surface area contributed by atoms with Crippen LogP contribution in [0.25, 0.3) is 0 Å². The summed E-state index contributed by atoms with van der Waals surface area (Å²) in [6.07, 6.45) is -1.02. The quantitative estimate of drug-likeness (QED) is 0.560. The highest BCUT2D eigenvalue weighted by molar-refractivity contribution is 6.99. The van der Waals surface area contributed by atoms with Crippen molar-refractivity contribution in [3.05, 3.63) is 60.7 Å². The predicted molar refractivity (Wildman–Crippen MR) is 109 cm³/mol. The van der Waals surface area contributed by atoms with Crippen molar-refractivity contribution in [2.75, 3.05) is 6.61 Å². The summed E-state index contributed by atoms with van der Waals surface area (Å²) in [5.74, 6) is 0. The summed E-state index contributed by atoms with van der Waals surface area (Å²) in [7, 11) is -2.66. The van der Waals surface area contributed by atoms with Gasteiger partial charge in [0, 0.05) is 13.0 Å². The lowest BCUT2D eigenvalue weighted by Crippen LogP contribution is -2.66. The third-order valence-electron chi connectivity index (χ3n) is 4.56. The van der Waals surface area contributed by atoms with Crippen LogP contribution in [0.5, 0.6) is 0 Å². The summed E-state index contributed by atoms with van der Waals surface area (Å²) in [5, 5.41) is 2.15. The number of nitrogens with two attached hydrogens (primary N) is 1. The fourth-order valence-electron chi connectivity index (χ4n) is 3.39. The van der Waals surface area contributed by atoms with Gasteiger partial charge in [-0.3, -0.25) is 4.79 Å². The van der Waals surface area contributed by atoms with Gasteiger partial charge in [-0.15, -0.1) is 0 Å². The topological polar surface area (TPSA) is 78.6 Å². The Bertz CT molecular complexity index is 704. The molecule has 1 atom stereocenters. The van der Waals surface area contributed by atoms with Gasteiger partial charge in [-0.25, -0.2) is 4.79 Å². The van der Waals surface area contributed by atoms with Gasteiger partial charge in [0.25, 0.3) is 8.32 Å². The van der Waals surface area contributed by atoms with Crippen molar-refractivity contribution in [3.8, 4) is 0 Å². The molecule has 2 rings (SSSR count). The van der Waals surface area contributed by atoms with Gasteiger partial charge in [-0.1, -0.05) is 81.4 Å². The molecule has 0 saturated carbocycles. The summed E-state index contributed by atoms with van der Waals surface area (Å²) in [5.41, 5.74) is 5.03. The van der Waals surface area contributed by atoms with Crippen molar-refractivity contribution in [1.82, 2.24) is 0 Å². The Morgan fingerprint density at radius 2 is 1.52 bits per heavy atom. The highest BCUT2D eigenvalue weighted by Gasteiger charge is 2.50. The minimum Gasteiger partial charge on any atom is -0.439 e. The van der Waals surface area contributed by atoms with Crippen LogP contribution in [-0.2, 0) is 14.0 Å². The first-order chi connectivity index (χ1) is 12.8. The fourth-order valence-corrected chi connectivity index (χ4v) is 7.97. The second-order valence-electron chi connectivity index (χ2n) is 7.41. The van der Waals surface area contributed by atoms with E-state index in [0.717, 1.165) is 10.4 Å². The summed E-state index contributed by atoms with van der Waals surface area (Å²) < 4.78 is 11.4. The van der Waals surface area contributed by atoms with Crippen LogP contribution >= 0.6 is 0 Å². The molecule has 0 aliphatic heterocycles. The number of ether oxygens (including phenoxy) is 1. The molecule has 0 fully saturated rings. The Morgan fingerprint density at radius 1 is 1.04 bits per heavy atom. The Morgan fingerprint density at radius 3 is 1.89 bits per heavy atom. The molecule has 2 aromatic carbocycles. The lowest BCUT2D eigenvalue weighted by molar-refractivity contribution is -0.115. The molecule has 0 aromatic heterocycles. The third kappa shape index (κ3) is 4.84. The van der Waals surface area contributed by atoms with Crippen LogP contribution < -0.4 is 16.1 Å². The van der Waals surface area contributed by atoms with Crippen LogP contribution in [0.2, 0.25) is 5.04 Å². The molecule has 27 heavy (non-hydrogen) atoms. The van der Waals surface area contributed by atoms with Crippen LogP contribution in [0.3, 0.4) is 0 Å². The van der Waals surface area contributed by atoms with Crippen LogP contribution in [0.4, 0.5) is 4.79 Å². The Balaban J connectivity index is 2.40. The number of primary amides is 1. The van der Waals surface area contributed by atoms with E-state index >= 15 is 0 Å². The first kappa shape index (κ1) is 20.9. The zero-order chi connectivity index (χ0) is 19.9. The van der Waals surface area contributed by atoms with Crippen LogP contribution in [0.1, 0.15) is 27.2 Å². The van der Waals surface area contributed by atoms with E-state index in [1.54, 1.807) is 0 Å². The number of rotatable bonds is 8. The van der Waals surface area contributed by atoms with E-state index in [1.807, 2.05) is 36.4 Å². The maximum atomic E-state index is 11.2. The molecule has 2 N–H and O–H groups in total. The number of carbonyl (C=O) groups is 2. The van der Waals surface area contributed by atoms with Crippen molar-refractivity contribution in [1.29, 1.82) is 0 Å². The van der Waals surface area contributed by atoms with E-state index in [1.165, 1.54) is 0 Å². The molecule has 0 aliphatic rings. The molecule has 144 valence electrons. The maximum Gasteiger partial charge on any atom is 0.405 e. The SMILES string of the molecule is CC(C)(C)[Si](OCCC(C=O)OC(N)=O)(c1ccccc1)c1ccccc1. The van der Waals surface area contributed by atoms with Gasteiger partial charge < -0.3 is 14.9 Å². The average Bonchev–Trinajstić information content (AvgIpc) is 2.64. The van der Waals surface area contributed by atoms with Crippen molar-refractivity contribution in [3.63, 3.8) is 0 Å². The number of aldehydes is 1. The molecule has 1 amide bonds. The van der Waals surface area contributed by atoms with Crippen LogP contribution in [-0.4, -0.2) is 33.4 Å². The summed E-state index contributed by atoms with van der Waals surface area (Å²) in [4.78, 5) is 22.1. The lowest BCUT2D eigenvalue weighted by Gasteiger charge is -2.43. The molecule has 0 aliphatic carbocycles. The zero-order valence-corrected chi connectivity index (χ0v) is 17.1. The van der Waals surface area contributed by atoms with Crippen molar-refractivity contribution in [2.24, 2.45) is 5.73 Å². The minimum atomic E-state index is -2.66. The average molecular weight is 386 g/mol. The molecule has 1 unspecified atom stereocenters. The molecule has 5 nitrogen and oxygen atoms in total. The van der Waals surface area contributed by atoms with E-state index in [0.29, 0.717) is 6.29 Å². The molecule has 0 saturated heterocycles. The normalized spacial score (nSPS) is 13.0. The van der Waals surface area contributed by atoms with Gasteiger partial charge in [0.1, 0.15) is 0 Å². The first-order valence-corrected chi connectivity index (χ1v) is 10.9. The molecule has 0 bridgehead atoms. The molecule has 0 heterocycles. The number of amides is 1. The molecule has 0 radical (unpaired) electrons. The third-order valence-corrected chi connectivity index (χ3v) is 9.60. The smallest absolute Gasteiger partial charge is 0.405 e. The van der Waals surface area contributed by atoms with E-state index in [4.69, 9.17) is 14.9 Å².